The number of nitrogens with zero attached hydrogens (tertiary/aromatic N) is 2. The third kappa shape index (κ3) is 5.66. The smallest absolute Gasteiger partial charge is 0.407 e. The number of amides is 1. The fraction of sp³-hybridized carbons (Fsp3) is 0.429. The van der Waals surface area contributed by atoms with Crippen molar-refractivity contribution in [3.63, 3.8) is 0 Å². The number of carbonyl (C=O) groups excluding carboxylic acids is 1. The number of alkyl carbamates (subject to hydrolysis) is 1. The van der Waals surface area contributed by atoms with E-state index in [-0.39, 0.29) is 24.5 Å². The van der Waals surface area contributed by atoms with Crippen LogP contribution in [0.3, 0.4) is 0 Å². The summed E-state index contributed by atoms with van der Waals surface area (Å²) in [6, 6.07) is 5.95. The first-order valence-corrected chi connectivity index (χ1v) is 6.62. The zero-order chi connectivity index (χ0) is 16.8. The van der Waals surface area contributed by atoms with Gasteiger partial charge in [-0.2, -0.15) is 5.26 Å². The average Bonchev–Trinajstić information content (AvgIpc) is 2.41. The number of hydrogen-bond donors (Lipinski definition) is 2. The molecule has 8 heteroatoms. The molecule has 0 saturated carbocycles. The quantitative estimate of drug-likeness (QED) is 0.490. The van der Waals surface area contributed by atoms with E-state index in [1.807, 2.05) is 6.07 Å². The number of rotatable bonds is 5. The summed E-state index contributed by atoms with van der Waals surface area (Å²) in [6.07, 6.45) is -0.561. The van der Waals surface area contributed by atoms with Gasteiger partial charge in [0.2, 0.25) is 0 Å². The topological polar surface area (TPSA) is 117 Å². The predicted molar refractivity (Wildman–Crippen MR) is 80.5 cm³/mol. The lowest BCUT2D eigenvalue weighted by Crippen LogP contribution is -2.35. The van der Waals surface area contributed by atoms with Gasteiger partial charge >= 0.3 is 6.09 Å². The zero-order valence-corrected chi connectivity index (χ0v) is 12.7. The number of ether oxygens (including phenoxy) is 1. The Morgan fingerprint density at radius 1 is 1.41 bits per heavy atom. The Bertz CT molecular complexity index is 602. The molecule has 1 amide bonds. The molecule has 0 aliphatic rings. The third-order valence-corrected chi connectivity index (χ3v) is 2.43. The largest absolute Gasteiger partial charge is 0.444 e. The second kappa shape index (κ2) is 7.26. The van der Waals surface area contributed by atoms with Gasteiger partial charge in [0.05, 0.1) is 16.6 Å². The molecule has 0 unspecified atom stereocenters. The molecule has 0 bridgehead atoms. The van der Waals surface area contributed by atoms with Crippen molar-refractivity contribution in [3.8, 4) is 6.07 Å². The molecule has 0 aromatic heterocycles. The van der Waals surface area contributed by atoms with Crippen molar-refractivity contribution in [3.05, 3.63) is 33.9 Å². The fourth-order valence-electron chi connectivity index (χ4n) is 1.58. The predicted octanol–water partition coefficient (Wildman–Crippen LogP) is 2.40. The molecular formula is C14H18N4O4. The van der Waals surface area contributed by atoms with Gasteiger partial charge in [-0.05, 0) is 32.9 Å². The van der Waals surface area contributed by atoms with Crippen molar-refractivity contribution in [2.75, 3.05) is 18.4 Å². The number of hydrogen-bond acceptors (Lipinski definition) is 6. The molecule has 0 spiro atoms. The van der Waals surface area contributed by atoms with E-state index in [0.717, 1.165) is 0 Å². The first kappa shape index (κ1) is 17.2. The van der Waals surface area contributed by atoms with Crippen LogP contribution in [-0.2, 0) is 4.74 Å². The Balaban J connectivity index is 2.56. The molecule has 0 fully saturated rings. The number of anilines is 1. The first-order valence-electron chi connectivity index (χ1n) is 6.62. The van der Waals surface area contributed by atoms with Crippen molar-refractivity contribution in [1.29, 1.82) is 5.26 Å². The number of nitro groups is 1. The minimum absolute atomic E-state index is 0.128. The number of carbonyl (C=O) groups is 1. The van der Waals surface area contributed by atoms with Crippen LogP contribution in [0.25, 0.3) is 0 Å². The highest BCUT2D eigenvalue weighted by atomic mass is 16.6. The standard InChI is InChI=1S/C14H18N4O4/c1-14(2,3)22-13(19)17-7-6-16-11-8-10(9-15)4-5-12(11)18(20)21/h4-5,8,16H,6-7H2,1-3H3,(H,17,19). The average molecular weight is 306 g/mol. The molecule has 0 aliphatic carbocycles. The maximum atomic E-state index is 11.4. The normalized spacial score (nSPS) is 10.5. The lowest BCUT2D eigenvalue weighted by molar-refractivity contribution is -0.384. The zero-order valence-electron chi connectivity index (χ0n) is 12.7. The molecule has 2 N–H and O–H groups in total. The van der Waals surface area contributed by atoms with Gasteiger partial charge in [0.25, 0.3) is 5.69 Å². The van der Waals surface area contributed by atoms with Crippen molar-refractivity contribution in [2.24, 2.45) is 0 Å². The summed E-state index contributed by atoms with van der Waals surface area (Å²) in [5.41, 5.74) is -0.170. The van der Waals surface area contributed by atoms with Crippen LogP contribution in [0.1, 0.15) is 26.3 Å². The molecule has 0 heterocycles. The third-order valence-electron chi connectivity index (χ3n) is 2.43. The molecule has 0 aliphatic heterocycles. The number of nitro benzene ring substituents is 1. The van der Waals surface area contributed by atoms with Gasteiger partial charge < -0.3 is 15.4 Å². The van der Waals surface area contributed by atoms with Crippen molar-refractivity contribution in [1.82, 2.24) is 5.32 Å². The van der Waals surface area contributed by atoms with E-state index in [2.05, 4.69) is 10.6 Å². The van der Waals surface area contributed by atoms with Gasteiger partial charge in [0, 0.05) is 19.2 Å². The highest BCUT2D eigenvalue weighted by Crippen LogP contribution is 2.24. The molecular weight excluding hydrogens is 288 g/mol. The Morgan fingerprint density at radius 3 is 2.64 bits per heavy atom. The van der Waals surface area contributed by atoms with E-state index in [1.165, 1.54) is 18.2 Å². The lowest BCUT2D eigenvalue weighted by atomic mass is 10.2. The van der Waals surface area contributed by atoms with Crippen LogP contribution in [0.4, 0.5) is 16.2 Å². The Hall–Kier alpha value is -2.82. The summed E-state index contributed by atoms with van der Waals surface area (Å²) in [5.74, 6) is 0. The van der Waals surface area contributed by atoms with Crippen molar-refractivity contribution < 1.29 is 14.5 Å². The van der Waals surface area contributed by atoms with Crippen LogP contribution in [0.5, 0.6) is 0 Å². The van der Waals surface area contributed by atoms with Crippen LogP contribution in [0.15, 0.2) is 18.2 Å². The molecule has 0 atom stereocenters. The summed E-state index contributed by atoms with van der Waals surface area (Å²) in [7, 11) is 0. The number of nitriles is 1. The Kier molecular flexibility index (Phi) is 5.69. The van der Waals surface area contributed by atoms with Gasteiger partial charge in [0.15, 0.2) is 0 Å². The monoisotopic (exact) mass is 306 g/mol. The SMILES string of the molecule is CC(C)(C)OC(=O)NCCNc1cc(C#N)ccc1[N+](=O)[O-]. The molecule has 118 valence electrons. The molecule has 1 aromatic rings. The number of benzene rings is 1. The summed E-state index contributed by atoms with van der Waals surface area (Å²) >= 11 is 0. The summed E-state index contributed by atoms with van der Waals surface area (Å²) < 4.78 is 5.06. The van der Waals surface area contributed by atoms with E-state index >= 15 is 0 Å². The van der Waals surface area contributed by atoms with Crippen molar-refractivity contribution in [2.45, 2.75) is 26.4 Å². The van der Waals surface area contributed by atoms with Gasteiger partial charge in [-0.25, -0.2) is 4.79 Å². The highest BCUT2D eigenvalue weighted by Gasteiger charge is 2.16. The first-order chi connectivity index (χ1) is 10.2. The summed E-state index contributed by atoms with van der Waals surface area (Å²) in [4.78, 5) is 21.8. The van der Waals surface area contributed by atoms with E-state index in [1.54, 1.807) is 20.8 Å². The highest BCUT2D eigenvalue weighted by molar-refractivity contribution is 5.68. The maximum absolute atomic E-state index is 11.4. The van der Waals surface area contributed by atoms with Gasteiger partial charge in [-0.3, -0.25) is 10.1 Å². The van der Waals surface area contributed by atoms with Gasteiger partial charge in [-0.1, -0.05) is 0 Å². The minimum atomic E-state index is -0.586. The minimum Gasteiger partial charge on any atom is -0.444 e. The van der Waals surface area contributed by atoms with Gasteiger partial charge in [0.1, 0.15) is 11.3 Å². The van der Waals surface area contributed by atoms with E-state index in [9.17, 15) is 14.9 Å². The van der Waals surface area contributed by atoms with E-state index in [4.69, 9.17) is 10.00 Å². The van der Waals surface area contributed by atoms with Crippen LogP contribution in [0, 0.1) is 21.4 Å². The van der Waals surface area contributed by atoms with E-state index in [0.29, 0.717) is 5.56 Å². The second-order valence-electron chi connectivity index (χ2n) is 5.46. The molecule has 1 rings (SSSR count). The molecule has 22 heavy (non-hydrogen) atoms. The second-order valence-corrected chi connectivity index (χ2v) is 5.46. The fourth-order valence-corrected chi connectivity index (χ4v) is 1.58. The Labute approximate surface area is 128 Å². The summed E-state index contributed by atoms with van der Waals surface area (Å²) in [6.45, 7) is 5.74. The summed E-state index contributed by atoms with van der Waals surface area (Å²) in [5, 5.41) is 25.1. The maximum Gasteiger partial charge on any atom is 0.407 e. The van der Waals surface area contributed by atoms with Crippen LogP contribution >= 0.6 is 0 Å². The van der Waals surface area contributed by atoms with Gasteiger partial charge in [-0.15, -0.1) is 0 Å². The number of nitrogens with one attached hydrogen (secondary N) is 2. The van der Waals surface area contributed by atoms with E-state index < -0.39 is 16.6 Å². The molecule has 1 aromatic carbocycles. The van der Waals surface area contributed by atoms with Crippen LogP contribution in [0.2, 0.25) is 0 Å². The van der Waals surface area contributed by atoms with Crippen molar-refractivity contribution >= 4 is 17.5 Å². The Morgan fingerprint density at radius 2 is 2.09 bits per heavy atom. The molecule has 0 radical (unpaired) electrons. The van der Waals surface area contributed by atoms with Crippen LogP contribution < -0.4 is 10.6 Å². The lowest BCUT2D eigenvalue weighted by Gasteiger charge is -2.19. The van der Waals surface area contributed by atoms with Crippen LogP contribution in [-0.4, -0.2) is 29.7 Å². The molecule has 8 nitrogen and oxygen atoms in total. The molecule has 0 saturated heterocycles.